The van der Waals surface area contributed by atoms with Crippen molar-refractivity contribution in [2.24, 2.45) is 22.9 Å². The van der Waals surface area contributed by atoms with Gasteiger partial charge in [-0.25, -0.2) is 4.79 Å². The number of aromatic hydroxyl groups is 2. The van der Waals surface area contributed by atoms with Gasteiger partial charge in [0.25, 0.3) is 0 Å². The zero-order valence-electron chi connectivity index (χ0n) is 62.3. The Morgan fingerprint density at radius 1 is 0.577 bits per heavy atom. The molecule has 0 saturated carbocycles. The molecule has 2 aliphatic heterocycles. The van der Waals surface area contributed by atoms with Crippen molar-refractivity contribution in [3.63, 3.8) is 0 Å². The van der Waals surface area contributed by atoms with Crippen molar-refractivity contribution in [2.45, 2.75) is 227 Å². The first-order chi connectivity index (χ1) is 52.6. The lowest BCUT2D eigenvalue weighted by Crippen LogP contribution is -2.65. The minimum Gasteiger partial charge on any atom is -0.508 e. The second kappa shape index (κ2) is 44.8. The summed E-state index contributed by atoms with van der Waals surface area (Å²) in [5.74, 6) is -17.3. The van der Waals surface area contributed by atoms with Gasteiger partial charge in [-0.3, -0.25) is 71.9 Å². The first-order valence-electron chi connectivity index (χ1n) is 36.9. The monoisotopic (exact) mass is 1550 g/mol. The van der Waals surface area contributed by atoms with Gasteiger partial charge in [-0.15, -0.1) is 0 Å². The van der Waals surface area contributed by atoms with Gasteiger partial charge >= 0.3 is 17.9 Å². The molecule has 36 heteroatoms. The van der Waals surface area contributed by atoms with E-state index in [0.717, 1.165) is 4.90 Å². The number of primary amides is 2. The molecule has 36 nitrogen and oxygen atoms in total. The average molecular weight is 1550 g/mol. The number of hydrogen-bond acceptors (Lipinski definition) is 20. The van der Waals surface area contributed by atoms with Crippen LogP contribution in [0.4, 0.5) is 0 Å². The van der Waals surface area contributed by atoms with E-state index in [1.165, 1.54) is 62.4 Å². The van der Waals surface area contributed by atoms with Gasteiger partial charge in [0.05, 0.1) is 25.4 Å². The van der Waals surface area contributed by atoms with Gasteiger partial charge in [-0.2, -0.15) is 0 Å². The molecule has 3 aromatic rings. The zero-order chi connectivity index (χ0) is 82.0. The molecule has 0 radical (unpaired) electrons. The van der Waals surface area contributed by atoms with Crippen molar-refractivity contribution in [2.75, 3.05) is 19.6 Å². The SMILES string of the molecule is C[C@@]1(C(=O)N[C@@H](CCC(=O)O)C(=O)O)CCC/C=C\CCCCCC[C@](C)(NC(=O)[C@@H]2CCCN2C(=O)[C@H](CC(N)=O)NC(=O)[C@H](CCC(=O)O)NC(=O)[C@H](Cc2ccc(O)cc2)NC(=O)CNC(=O)[C@@H](N)CC(N)=O)C(=O)N[C@@H](Cc2ccc(O)cc2)C(=O)N[C@@H](CCCCN)C(=O)N[C@@H](Cc2ccccc2)C(=O)N1. The van der Waals surface area contributed by atoms with Crippen molar-refractivity contribution in [3.8, 4) is 11.5 Å². The molecule has 2 heterocycles. The van der Waals surface area contributed by atoms with Gasteiger partial charge in [0.15, 0.2) is 0 Å². The van der Waals surface area contributed by atoms with Crippen molar-refractivity contribution < 1.29 is 102 Å². The number of aliphatic carboxylic acids is 3. The third-order valence-corrected chi connectivity index (χ3v) is 18.9. The Bertz CT molecular complexity index is 3790. The first kappa shape index (κ1) is 90.1. The Labute approximate surface area is 641 Å². The second-order valence-corrected chi connectivity index (χ2v) is 28.1. The molecule has 0 aliphatic carbocycles. The number of carboxylic acids is 3. The van der Waals surface area contributed by atoms with Crippen LogP contribution in [0.25, 0.3) is 0 Å². The molecule has 5 rings (SSSR count). The lowest BCUT2D eigenvalue weighted by Gasteiger charge is -2.35. The maximum atomic E-state index is 15.4. The number of unbranched alkanes of at least 4 members (excludes halogenated alkanes) is 1. The minimum atomic E-state index is -1.92. The van der Waals surface area contributed by atoms with E-state index in [2.05, 4.69) is 53.2 Å². The summed E-state index contributed by atoms with van der Waals surface area (Å²) < 4.78 is 0. The molecule has 606 valence electrons. The molecule has 111 heavy (non-hydrogen) atoms. The Morgan fingerprint density at radius 3 is 1.73 bits per heavy atom. The molecule has 0 aromatic heterocycles. The summed E-state index contributed by atoms with van der Waals surface area (Å²) >= 11 is 0. The fraction of sp³-hybridized carbons (Fsp3) is 0.520. The van der Waals surface area contributed by atoms with Crippen LogP contribution in [0.1, 0.15) is 159 Å². The van der Waals surface area contributed by atoms with Crippen LogP contribution < -0.4 is 76.1 Å². The number of carbonyl (C=O) groups excluding carboxylic acids is 13. The average Bonchev–Trinajstić information content (AvgIpc) is 1.70. The van der Waals surface area contributed by atoms with E-state index in [0.29, 0.717) is 55.2 Å². The van der Waals surface area contributed by atoms with Crippen molar-refractivity contribution >= 4 is 94.7 Å². The highest BCUT2D eigenvalue weighted by Crippen LogP contribution is 2.25. The molecule has 1 saturated heterocycles. The number of phenolic OH excluding ortho intramolecular Hbond substituents is 2. The van der Waals surface area contributed by atoms with Crippen LogP contribution in [0.15, 0.2) is 91.0 Å². The second-order valence-electron chi connectivity index (χ2n) is 28.1. The number of amides is 13. The van der Waals surface area contributed by atoms with Crippen LogP contribution in [-0.2, 0) is 96.0 Å². The van der Waals surface area contributed by atoms with E-state index in [4.69, 9.17) is 22.9 Å². The van der Waals surface area contributed by atoms with Crippen molar-refractivity contribution in [1.29, 1.82) is 0 Å². The maximum Gasteiger partial charge on any atom is 0.326 e. The number of rotatable bonds is 34. The number of allylic oxidation sites excluding steroid dienone is 2. The molecule has 3 aromatic carbocycles. The lowest BCUT2D eigenvalue weighted by molar-refractivity contribution is -0.144. The maximum absolute atomic E-state index is 15.4. The molecule has 13 amide bonds. The van der Waals surface area contributed by atoms with Crippen LogP contribution in [-0.4, -0.2) is 210 Å². The van der Waals surface area contributed by atoms with Gasteiger partial charge in [0.1, 0.15) is 70.9 Å². The molecule has 2 aliphatic rings. The summed E-state index contributed by atoms with van der Waals surface area (Å²) in [6.07, 6.45) is 2.64. The number of hydrogen-bond donors (Lipinski definition) is 19. The summed E-state index contributed by atoms with van der Waals surface area (Å²) in [7, 11) is 0. The fourth-order valence-corrected chi connectivity index (χ4v) is 12.6. The lowest BCUT2D eigenvalue weighted by atomic mass is 9.91. The Kier molecular flexibility index (Phi) is 36.3. The van der Waals surface area contributed by atoms with E-state index in [-0.39, 0.29) is 95.2 Å². The van der Waals surface area contributed by atoms with Gasteiger partial charge in [-0.1, -0.05) is 86.0 Å². The third kappa shape index (κ3) is 30.8. The number of phenols is 2. The molecule has 0 bridgehead atoms. The standard InChI is InChI=1S/C75H105N15O21/c1-74(72(110)86-52(71(108)109)31-33-62(98)99)34-14-8-6-4-3-5-7-9-15-35-75(2,73(111)87-54(40-46-24-28-48(92)29-25-46)67(104)82-50(20-13-16-36-76)64(101)84-55(68(105)88-74)38-44-18-11-10-12-19-44)89-69(106)57-21-17-37-90(57)70(107)56(42-59(79)94)85-65(102)51(30-32-61(96)97)83-66(103)53(39-45-22-26-47(91)27-23-45)81-60(95)43-80-63(100)49(77)41-58(78)93/h4,6,10-12,18-19,22-29,49-57,91-92H,3,5,7-9,13-17,20-21,30-43,76-77H2,1-2H3,(H2,78,93)(H2,79,94)(H,80,100)(H,81,95)(H,82,104)(H,83,103)(H,84,101)(H,85,102)(H,86,110)(H,87,111)(H,88,105)(H,89,106)(H,96,97)(H,98,99)(H,108,109)/b6-4-/t49-,50-,51-,52-,53-,54-,55-,56-,57-,74-,75-/m0/s1. The molecular weight excluding hydrogens is 1450 g/mol. The number of carboxylic acid groups (broad SMARTS) is 3. The molecule has 23 N–H and O–H groups in total. The van der Waals surface area contributed by atoms with Gasteiger partial charge in [0.2, 0.25) is 76.8 Å². The summed E-state index contributed by atoms with van der Waals surface area (Å²) in [4.78, 5) is 220. The van der Waals surface area contributed by atoms with Gasteiger partial charge < -0.3 is 107 Å². The molecule has 1 fully saturated rings. The van der Waals surface area contributed by atoms with E-state index in [1.807, 2.05) is 12.2 Å². The van der Waals surface area contributed by atoms with E-state index >= 15 is 14.4 Å². The topological polar surface area (TPSA) is 602 Å². The summed E-state index contributed by atoms with van der Waals surface area (Å²) in [5.41, 5.74) is 19.9. The summed E-state index contributed by atoms with van der Waals surface area (Å²) in [6, 6.07) is 5.12. The molecule has 11 atom stereocenters. The number of nitrogens with one attached hydrogen (secondary N) is 10. The zero-order valence-corrected chi connectivity index (χ0v) is 62.3. The summed E-state index contributed by atoms with van der Waals surface area (Å²) in [6.45, 7) is 2.02. The highest BCUT2D eigenvalue weighted by atomic mass is 16.4. The number of benzene rings is 3. The van der Waals surface area contributed by atoms with Crippen LogP contribution in [0.5, 0.6) is 11.5 Å². The minimum absolute atomic E-state index is 0.0410. The highest BCUT2D eigenvalue weighted by Gasteiger charge is 2.45. The molecule has 0 spiro atoms. The van der Waals surface area contributed by atoms with E-state index in [1.54, 1.807) is 30.3 Å². The Balaban J connectivity index is 1.49. The van der Waals surface area contributed by atoms with Crippen LogP contribution in [0.3, 0.4) is 0 Å². The molecular formula is C75H105N15O21. The smallest absolute Gasteiger partial charge is 0.326 e. The highest BCUT2D eigenvalue weighted by molar-refractivity contribution is 6.01. The van der Waals surface area contributed by atoms with Gasteiger partial charge in [-0.05, 0) is 145 Å². The number of nitrogens with two attached hydrogens (primary N) is 4. The number of likely N-dealkylation sites (tertiary alicyclic amines) is 1. The van der Waals surface area contributed by atoms with Crippen LogP contribution in [0.2, 0.25) is 0 Å². The van der Waals surface area contributed by atoms with Gasteiger partial charge in [0, 0.05) is 38.6 Å². The Hall–Kier alpha value is -11.6. The fourth-order valence-electron chi connectivity index (χ4n) is 12.6. The molecule has 0 unspecified atom stereocenters. The number of carbonyl (C=O) groups is 16. The summed E-state index contributed by atoms with van der Waals surface area (Å²) in [5, 5.41) is 75.1. The predicted octanol–water partition coefficient (Wildman–Crippen LogP) is -1.52. The van der Waals surface area contributed by atoms with Crippen molar-refractivity contribution in [3.05, 3.63) is 108 Å². The largest absolute Gasteiger partial charge is 0.508 e. The first-order valence-corrected chi connectivity index (χ1v) is 36.9. The predicted molar refractivity (Wildman–Crippen MR) is 399 cm³/mol. The Morgan fingerprint density at radius 2 is 1.13 bits per heavy atom. The number of nitrogens with zero attached hydrogens (tertiary/aromatic N) is 1. The normalized spacial score (nSPS) is 21.3. The quantitative estimate of drug-likeness (QED) is 0.0238. The van der Waals surface area contributed by atoms with Crippen LogP contribution >= 0.6 is 0 Å². The van der Waals surface area contributed by atoms with E-state index in [9.17, 15) is 87.9 Å². The van der Waals surface area contributed by atoms with Crippen LogP contribution in [0, 0.1) is 0 Å². The van der Waals surface area contributed by atoms with Crippen molar-refractivity contribution in [1.82, 2.24) is 58.1 Å². The van der Waals surface area contributed by atoms with E-state index < -0.39 is 205 Å². The third-order valence-electron chi connectivity index (χ3n) is 18.9.